The van der Waals surface area contributed by atoms with Crippen LogP contribution in [0.25, 0.3) is 0 Å². The van der Waals surface area contributed by atoms with E-state index in [1.807, 2.05) is 6.26 Å². The number of hydrogen-bond acceptors (Lipinski definition) is 8. The number of rotatable bonds is 5. The van der Waals surface area contributed by atoms with Crippen LogP contribution in [-0.2, 0) is 5.75 Å². The third kappa shape index (κ3) is 3.90. The molecule has 0 bridgehead atoms. The molecule has 2 aromatic rings. The first-order chi connectivity index (χ1) is 9.22. The van der Waals surface area contributed by atoms with Crippen molar-refractivity contribution in [3.63, 3.8) is 0 Å². The van der Waals surface area contributed by atoms with Crippen molar-refractivity contribution in [3.8, 4) is 0 Å². The summed E-state index contributed by atoms with van der Waals surface area (Å²) in [6, 6.07) is 3.49. The van der Waals surface area contributed by atoms with Crippen LogP contribution < -0.4 is 11.3 Å². The van der Waals surface area contributed by atoms with Gasteiger partial charge in [-0.1, -0.05) is 34.9 Å². The molecule has 0 aliphatic heterocycles. The van der Waals surface area contributed by atoms with E-state index in [0.29, 0.717) is 11.3 Å². The van der Waals surface area contributed by atoms with Crippen molar-refractivity contribution < 1.29 is 4.79 Å². The first-order valence-electron chi connectivity index (χ1n) is 5.19. The van der Waals surface area contributed by atoms with Gasteiger partial charge in [0.1, 0.15) is 0 Å². The van der Waals surface area contributed by atoms with Gasteiger partial charge in [-0.2, -0.15) is 0 Å². The summed E-state index contributed by atoms with van der Waals surface area (Å²) in [7, 11) is 0. The lowest BCUT2D eigenvalue weighted by atomic mass is 10.2. The monoisotopic (exact) mass is 313 g/mol. The predicted molar refractivity (Wildman–Crippen MR) is 77.1 cm³/mol. The van der Waals surface area contributed by atoms with Crippen LogP contribution in [0.5, 0.6) is 0 Å². The highest BCUT2D eigenvalue weighted by molar-refractivity contribution is 8.02. The average molecular weight is 313 g/mol. The summed E-state index contributed by atoms with van der Waals surface area (Å²) in [6.45, 7) is 0. The molecule has 0 aliphatic carbocycles. The minimum absolute atomic E-state index is 0.347. The number of hydrogen-bond donors (Lipinski definition) is 2. The molecule has 0 radical (unpaired) electrons. The summed E-state index contributed by atoms with van der Waals surface area (Å²) in [5.41, 5.74) is 3.38. The van der Waals surface area contributed by atoms with Crippen molar-refractivity contribution in [2.24, 2.45) is 5.84 Å². The first-order valence-corrected chi connectivity index (χ1v) is 8.21. The Kier molecular flexibility index (Phi) is 5.14. The smallest absolute Gasteiger partial charge is 0.266 e. The lowest BCUT2D eigenvalue weighted by molar-refractivity contribution is 0.0953. The normalized spacial score (nSPS) is 10.4. The van der Waals surface area contributed by atoms with Gasteiger partial charge in [-0.15, -0.1) is 10.2 Å². The van der Waals surface area contributed by atoms with Crippen LogP contribution in [0.4, 0.5) is 0 Å². The van der Waals surface area contributed by atoms with Gasteiger partial charge >= 0.3 is 0 Å². The number of thioether (sulfide) groups is 2. The summed E-state index contributed by atoms with van der Waals surface area (Å²) < 4.78 is 1.86. The molecule has 3 N–H and O–H groups in total. The molecule has 0 spiro atoms. The Morgan fingerprint density at radius 2 is 2.21 bits per heavy atom. The molecule has 2 rings (SSSR count). The molecule has 0 fully saturated rings. The van der Waals surface area contributed by atoms with E-state index in [-0.39, 0.29) is 5.91 Å². The highest BCUT2D eigenvalue weighted by Gasteiger charge is 2.06. The van der Waals surface area contributed by atoms with E-state index >= 15 is 0 Å². The predicted octanol–water partition coefficient (Wildman–Crippen LogP) is 1.55. The zero-order valence-electron chi connectivity index (χ0n) is 9.99. The standard InChI is InChI=1S/C10H11N5OS3/c1-17-9-14-15-10(19-9)18-5-7-3-2-6(4-12-7)8(16)13-11/h2-4H,5,11H2,1H3,(H,13,16). The van der Waals surface area contributed by atoms with Gasteiger partial charge in [0.25, 0.3) is 5.91 Å². The molecule has 0 saturated heterocycles. The van der Waals surface area contributed by atoms with E-state index in [1.165, 1.54) is 6.20 Å². The Balaban J connectivity index is 1.94. The number of amides is 1. The zero-order valence-corrected chi connectivity index (χ0v) is 12.4. The molecular weight excluding hydrogens is 302 g/mol. The summed E-state index contributed by atoms with van der Waals surface area (Å²) in [4.78, 5) is 15.4. The van der Waals surface area contributed by atoms with E-state index in [4.69, 9.17) is 5.84 Å². The zero-order chi connectivity index (χ0) is 13.7. The summed E-state index contributed by atoms with van der Waals surface area (Å²) in [5, 5.41) is 8.08. The second-order valence-corrected chi connectivity index (χ2v) is 6.59. The van der Waals surface area contributed by atoms with Crippen LogP contribution in [0.2, 0.25) is 0 Å². The Morgan fingerprint density at radius 1 is 1.42 bits per heavy atom. The Hall–Kier alpha value is -1.16. The third-order valence-electron chi connectivity index (χ3n) is 2.12. The minimum atomic E-state index is -0.347. The number of aromatic nitrogens is 3. The Morgan fingerprint density at radius 3 is 2.79 bits per heavy atom. The molecule has 1 amide bonds. The van der Waals surface area contributed by atoms with Crippen LogP contribution in [0, 0.1) is 0 Å². The molecule has 2 heterocycles. The van der Waals surface area contributed by atoms with Crippen molar-refractivity contribution in [2.75, 3.05) is 6.26 Å². The van der Waals surface area contributed by atoms with Gasteiger partial charge in [0.05, 0.1) is 11.3 Å². The summed E-state index contributed by atoms with van der Waals surface area (Å²) in [6.07, 6.45) is 3.48. The van der Waals surface area contributed by atoms with Crippen LogP contribution in [0.15, 0.2) is 27.0 Å². The van der Waals surface area contributed by atoms with E-state index < -0.39 is 0 Å². The average Bonchev–Trinajstić information content (AvgIpc) is 2.93. The fourth-order valence-electron chi connectivity index (χ4n) is 1.20. The quantitative estimate of drug-likeness (QED) is 0.374. The molecule has 0 aromatic carbocycles. The van der Waals surface area contributed by atoms with Gasteiger partial charge in [0.15, 0.2) is 8.68 Å². The SMILES string of the molecule is CSc1nnc(SCc2ccc(C(=O)NN)cn2)s1. The van der Waals surface area contributed by atoms with Gasteiger partial charge < -0.3 is 0 Å². The van der Waals surface area contributed by atoms with Gasteiger partial charge in [-0.3, -0.25) is 15.2 Å². The number of carbonyl (C=O) groups excluding carboxylic acids is 1. The number of nitrogens with two attached hydrogens (primary N) is 1. The van der Waals surface area contributed by atoms with Crippen molar-refractivity contribution in [3.05, 3.63) is 29.6 Å². The lowest BCUT2D eigenvalue weighted by Crippen LogP contribution is -2.30. The van der Waals surface area contributed by atoms with Crippen molar-refractivity contribution in [1.82, 2.24) is 20.6 Å². The molecule has 0 unspecified atom stereocenters. The topological polar surface area (TPSA) is 93.8 Å². The van der Waals surface area contributed by atoms with Gasteiger partial charge in [-0.25, -0.2) is 5.84 Å². The van der Waals surface area contributed by atoms with Crippen molar-refractivity contribution in [2.45, 2.75) is 14.4 Å². The molecule has 0 aliphatic rings. The number of pyridine rings is 1. The Labute approximate surface area is 122 Å². The molecule has 19 heavy (non-hydrogen) atoms. The molecule has 0 saturated carbocycles. The van der Waals surface area contributed by atoms with Gasteiger partial charge in [-0.05, 0) is 18.4 Å². The molecule has 6 nitrogen and oxygen atoms in total. The van der Waals surface area contributed by atoms with E-state index in [2.05, 4.69) is 20.6 Å². The van der Waals surface area contributed by atoms with E-state index in [9.17, 15) is 4.79 Å². The maximum Gasteiger partial charge on any atom is 0.266 e. The maximum atomic E-state index is 11.2. The van der Waals surface area contributed by atoms with Crippen LogP contribution >= 0.6 is 34.9 Å². The van der Waals surface area contributed by atoms with Gasteiger partial charge in [0, 0.05) is 11.9 Å². The van der Waals surface area contributed by atoms with Crippen molar-refractivity contribution in [1.29, 1.82) is 0 Å². The van der Waals surface area contributed by atoms with Crippen LogP contribution in [0.3, 0.4) is 0 Å². The summed E-state index contributed by atoms with van der Waals surface area (Å²) >= 11 is 4.71. The second kappa shape index (κ2) is 6.85. The molecule has 2 aromatic heterocycles. The third-order valence-corrected chi connectivity index (χ3v) is 5.19. The number of carbonyl (C=O) groups is 1. The van der Waals surface area contributed by atoms with Crippen molar-refractivity contribution >= 4 is 40.8 Å². The molecular formula is C10H11N5OS3. The van der Waals surface area contributed by atoms with E-state index in [1.54, 1.807) is 47.0 Å². The molecule has 0 atom stereocenters. The lowest BCUT2D eigenvalue weighted by Gasteiger charge is -2.01. The number of hydrazine groups is 1. The highest BCUT2D eigenvalue weighted by Crippen LogP contribution is 2.29. The first kappa shape index (κ1) is 14.3. The fourth-order valence-corrected chi connectivity index (χ4v) is 3.55. The number of nitrogens with one attached hydrogen (secondary N) is 1. The van der Waals surface area contributed by atoms with Crippen LogP contribution in [-0.4, -0.2) is 27.3 Å². The highest BCUT2D eigenvalue weighted by atomic mass is 32.2. The Bertz CT molecular complexity index is 557. The van der Waals surface area contributed by atoms with Gasteiger partial charge in [0.2, 0.25) is 0 Å². The van der Waals surface area contributed by atoms with E-state index in [0.717, 1.165) is 14.4 Å². The maximum absolute atomic E-state index is 11.2. The number of nitrogen functional groups attached to an aromatic ring is 1. The second-order valence-electron chi connectivity index (χ2n) is 3.34. The molecule has 9 heteroatoms. The molecule has 100 valence electrons. The fraction of sp³-hybridized carbons (Fsp3) is 0.200. The summed E-state index contributed by atoms with van der Waals surface area (Å²) in [5.74, 6) is 5.39. The minimum Gasteiger partial charge on any atom is -0.290 e. The largest absolute Gasteiger partial charge is 0.290 e. The van der Waals surface area contributed by atoms with Crippen LogP contribution in [0.1, 0.15) is 16.1 Å². The number of nitrogens with zero attached hydrogens (tertiary/aromatic N) is 3.